The van der Waals surface area contributed by atoms with E-state index < -0.39 is 0 Å². The summed E-state index contributed by atoms with van der Waals surface area (Å²) in [5.41, 5.74) is 2.96. The molecule has 0 saturated carbocycles. The van der Waals surface area contributed by atoms with Crippen molar-refractivity contribution in [1.82, 2.24) is 15.3 Å². The Morgan fingerprint density at radius 1 is 1.17 bits per heavy atom. The van der Waals surface area contributed by atoms with Crippen LogP contribution in [0.1, 0.15) is 11.1 Å². The lowest BCUT2D eigenvalue weighted by Gasteiger charge is -2.16. The summed E-state index contributed by atoms with van der Waals surface area (Å²) in [5, 5.41) is 22.9. The molecule has 35 heavy (non-hydrogen) atoms. The standard InChI is InChI=1S/C25H19FN6OS2/c1-29-21(8-9-27)20-13-22(16-2-4-18(26)5-3-16)31-15-24(20)33-23-7-6-19(12-17(23)14-28)35-32-25-30-10-11-34-25/h2-13,15,27,29H,1H3,(H,30,32)/b21-8-,27-9?. The molecule has 0 spiro atoms. The monoisotopic (exact) mass is 502 g/mol. The van der Waals surface area contributed by atoms with Gasteiger partial charge in [-0.2, -0.15) is 5.26 Å². The van der Waals surface area contributed by atoms with E-state index in [1.54, 1.807) is 55.8 Å². The van der Waals surface area contributed by atoms with Crippen LogP contribution in [-0.4, -0.2) is 23.2 Å². The number of aromatic nitrogens is 2. The second kappa shape index (κ2) is 11.3. The second-order valence-corrected chi connectivity index (χ2v) is 8.76. The van der Waals surface area contributed by atoms with E-state index in [0.717, 1.165) is 21.8 Å². The van der Waals surface area contributed by atoms with Gasteiger partial charge in [0.2, 0.25) is 0 Å². The fourth-order valence-electron chi connectivity index (χ4n) is 3.15. The Balaban J connectivity index is 1.66. The fourth-order valence-corrected chi connectivity index (χ4v) is 4.41. The Labute approximate surface area is 210 Å². The molecule has 0 fully saturated rings. The highest BCUT2D eigenvalue weighted by Crippen LogP contribution is 2.35. The van der Waals surface area contributed by atoms with E-state index in [2.05, 4.69) is 26.1 Å². The molecule has 10 heteroatoms. The minimum Gasteiger partial charge on any atom is -0.454 e. The molecular weight excluding hydrogens is 483 g/mol. The number of hydrogen-bond acceptors (Lipinski definition) is 9. The third-order valence-electron chi connectivity index (χ3n) is 4.80. The van der Waals surface area contributed by atoms with E-state index >= 15 is 0 Å². The van der Waals surface area contributed by atoms with Crippen LogP contribution in [0.25, 0.3) is 17.0 Å². The van der Waals surface area contributed by atoms with Gasteiger partial charge >= 0.3 is 0 Å². The van der Waals surface area contributed by atoms with E-state index in [1.807, 2.05) is 11.4 Å². The molecule has 7 nitrogen and oxygen atoms in total. The van der Waals surface area contributed by atoms with Crippen LogP contribution in [0.4, 0.5) is 9.52 Å². The first-order valence-electron chi connectivity index (χ1n) is 10.3. The predicted molar refractivity (Wildman–Crippen MR) is 138 cm³/mol. The zero-order valence-corrected chi connectivity index (χ0v) is 20.1. The van der Waals surface area contributed by atoms with Crippen LogP contribution < -0.4 is 14.8 Å². The lowest BCUT2D eigenvalue weighted by atomic mass is 10.1. The number of pyridine rings is 1. The van der Waals surface area contributed by atoms with Crippen molar-refractivity contribution >= 4 is 40.3 Å². The van der Waals surface area contributed by atoms with Gasteiger partial charge in [-0.25, -0.2) is 9.37 Å². The molecule has 2 aromatic carbocycles. The lowest BCUT2D eigenvalue weighted by molar-refractivity contribution is 0.476. The van der Waals surface area contributed by atoms with Gasteiger partial charge < -0.3 is 20.2 Å². The van der Waals surface area contributed by atoms with E-state index in [4.69, 9.17) is 10.1 Å². The molecule has 0 aliphatic carbocycles. The molecule has 0 aliphatic heterocycles. The van der Waals surface area contributed by atoms with Gasteiger partial charge in [0.15, 0.2) is 10.9 Å². The zero-order valence-electron chi connectivity index (χ0n) is 18.4. The van der Waals surface area contributed by atoms with Crippen molar-refractivity contribution in [3.8, 4) is 28.8 Å². The molecule has 0 atom stereocenters. The average molecular weight is 503 g/mol. The lowest BCUT2D eigenvalue weighted by Crippen LogP contribution is -2.07. The van der Waals surface area contributed by atoms with Crippen molar-refractivity contribution in [2.75, 3.05) is 11.8 Å². The number of thiazole rings is 1. The van der Waals surface area contributed by atoms with E-state index in [9.17, 15) is 9.65 Å². The Morgan fingerprint density at radius 2 is 2.00 bits per heavy atom. The second-order valence-electron chi connectivity index (χ2n) is 6.98. The highest BCUT2D eigenvalue weighted by atomic mass is 32.2. The van der Waals surface area contributed by atoms with Gasteiger partial charge in [0.05, 0.1) is 17.5 Å². The van der Waals surface area contributed by atoms with Crippen LogP contribution in [0.3, 0.4) is 0 Å². The molecule has 4 aromatic rings. The summed E-state index contributed by atoms with van der Waals surface area (Å²) in [4.78, 5) is 9.48. The van der Waals surface area contributed by atoms with Crippen molar-refractivity contribution in [3.05, 3.63) is 89.3 Å². The minimum atomic E-state index is -0.332. The van der Waals surface area contributed by atoms with Crippen molar-refractivity contribution in [2.24, 2.45) is 0 Å². The van der Waals surface area contributed by atoms with Crippen molar-refractivity contribution < 1.29 is 9.13 Å². The molecule has 2 aromatic heterocycles. The molecule has 0 amide bonds. The number of nitriles is 1. The maximum atomic E-state index is 13.4. The first-order valence-corrected chi connectivity index (χ1v) is 12.0. The number of halogens is 1. The van der Waals surface area contributed by atoms with Crippen LogP contribution in [0.15, 0.2) is 77.3 Å². The molecular formula is C25H19FN6OS2. The fraction of sp³-hybridized carbons (Fsp3) is 0.0400. The third-order valence-corrected chi connectivity index (χ3v) is 6.40. The summed E-state index contributed by atoms with van der Waals surface area (Å²) >= 11 is 2.83. The molecule has 2 heterocycles. The number of nitrogens with one attached hydrogen (secondary N) is 3. The Hall–Kier alpha value is -4.20. The number of benzene rings is 2. The minimum absolute atomic E-state index is 0.332. The Morgan fingerprint density at radius 3 is 2.69 bits per heavy atom. The topological polar surface area (TPSA) is 107 Å². The van der Waals surface area contributed by atoms with Crippen LogP contribution >= 0.6 is 23.3 Å². The average Bonchev–Trinajstić information content (AvgIpc) is 3.41. The van der Waals surface area contributed by atoms with E-state index in [0.29, 0.717) is 34.0 Å². The Kier molecular flexibility index (Phi) is 7.72. The van der Waals surface area contributed by atoms with E-state index in [1.165, 1.54) is 35.4 Å². The Bertz CT molecular complexity index is 1400. The summed E-state index contributed by atoms with van der Waals surface area (Å²) in [6.07, 6.45) is 6.02. The van der Waals surface area contributed by atoms with Gasteiger partial charge in [0.1, 0.15) is 17.6 Å². The molecule has 4 rings (SSSR count). The zero-order chi connectivity index (χ0) is 24.6. The number of nitrogens with zero attached hydrogens (tertiary/aromatic N) is 3. The number of rotatable bonds is 9. The van der Waals surface area contributed by atoms with Crippen molar-refractivity contribution in [2.45, 2.75) is 4.90 Å². The maximum Gasteiger partial charge on any atom is 0.192 e. The first-order chi connectivity index (χ1) is 17.1. The van der Waals surface area contributed by atoms with Gasteiger partial charge in [-0.15, -0.1) is 11.3 Å². The quantitative estimate of drug-likeness (QED) is 0.181. The maximum absolute atomic E-state index is 13.4. The molecule has 0 radical (unpaired) electrons. The predicted octanol–water partition coefficient (Wildman–Crippen LogP) is 6.34. The van der Waals surface area contributed by atoms with Crippen LogP contribution in [-0.2, 0) is 0 Å². The molecule has 0 saturated heterocycles. The number of hydrogen-bond donors (Lipinski definition) is 3. The summed E-state index contributed by atoms with van der Waals surface area (Å²) < 4.78 is 22.6. The van der Waals surface area contributed by atoms with Gasteiger partial charge in [0.25, 0.3) is 0 Å². The first kappa shape index (κ1) is 23.9. The third kappa shape index (κ3) is 5.84. The summed E-state index contributed by atoms with van der Waals surface area (Å²) in [6, 6.07) is 15.3. The SMILES string of the molecule is CN/C(=C\C=N)c1cc(-c2ccc(F)cc2)ncc1Oc1ccc(SNc2nccs2)cc1C#N. The normalized spacial score (nSPS) is 10.9. The van der Waals surface area contributed by atoms with Crippen molar-refractivity contribution in [1.29, 1.82) is 10.7 Å². The number of allylic oxidation sites excluding steroid dienone is 1. The number of anilines is 1. The van der Waals surface area contributed by atoms with Crippen LogP contribution in [0, 0.1) is 22.6 Å². The molecule has 174 valence electrons. The highest BCUT2D eigenvalue weighted by Gasteiger charge is 2.15. The van der Waals surface area contributed by atoms with E-state index in [-0.39, 0.29) is 5.82 Å². The smallest absolute Gasteiger partial charge is 0.192 e. The summed E-state index contributed by atoms with van der Waals surface area (Å²) in [6.45, 7) is 0. The summed E-state index contributed by atoms with van der Waals surface area (Å²) in [5.74, 6) is 0.436. The molecule has 3 N–H and O–H groups in total. The van der Waals surface area contributed by atoms with Crippen LogP contribution in [0.5, 0.6) is 11.5 Å². The van der Waals surface area contributed by atoms with Crippen molar-refractivity contribution in [3.63, 3.8) is 0 Å². The molecule has 0 unspecified atom stereocenters. The highest BCUT2D eigenvalue weighted by molar-refractivity contribution is 8.00. The van der Waals surface area contributed by atoms with Crippen LogP contribution in [0.2, 0.25) is 0 Å². The number of ether oxygens (including phenoxy) is 1. The molecule has 0 aliphatic rings. The molecule has 0 bridgehead atoms. The van der Waals surface area contributed by atoms with Gasteiger partial charge in [0, 0.05) is 46.6 Å². The largest absolute Gasteiger partial charge is 0.454 e. The van der Waals surface area contributed by atoms with Gasteiger partial charge in [-0.1, -0.05) is 0 Å². The summed E-state index contributed by atoms with van der Waals surface area (Å²) in [7, 11) is 1.74. The van der Waals surface area contributed by atoms with Gasteiger partial charge in [-0.3, -0.25) is 4.98 Å². The van der Waals surface area contributed by atoms with Gasteiger partial charge in [-0.05, 0) is 66.6 Å².